The Hall–Kier alpha value is -2.84. The molecule has 8 heteroatoms. The van der Waals surface area contributed by atoms with Crippen LogP contribution in [0.25, 0.3) is 10.6 Å². The van der Waals surface area contributed by atoms with E-state index in [2.05, 4.69) is 15.6 Å². The zero-order valence-electron chi connectivity index (χ0n) is 17.5. The van der Waals surface area contributed by atoms with Crippen molar-refractivity contribution in [2.45, 2.75) is 38.5 Å². The van der Waals surface area contributed by atoms with E-state index in [1.165, 1.54) is 0 Å². The number of nitrogens with zero attached hydrogens (tertiary/aromatic N) is 3. The molecule has 1 fully saturated rings. The van der Waals surface area contributed by atoms with Gasteiger partial charge < -0.3 is 15.7 Å². The van der Waals surface area contributed by atoms with Gasteiger partial charge in [-0.25, -0.2) is 15.0 Å². The second-order valence-electron chi connectivity index (χ2n) is 7.99. The second-order valence-corrected chi connectivity index (χ2v) is 9.06. The second kappa shape index (κ2) is 9.98. The largest absolute Gasteiger partial charge is 0.387 e. The smallest absolute Gasteiger partial charge is 0.245 e. The Labute approximate surface area is 186 Å². The SMILES string of the molecule is Cc1ccnc(Nc2cccc(-c3cnc(C4CCC(CNC(=O)CO)CC4)s3)n2)c1. The predicted octanol–water partition coefficient (Wildman–Crippen LogP) is 4.03. The molecule has 3 aromatic heterocycles. The highest BCUT2D eigenvalue weighted by atomic mass is 32.1. The normalized spacial score (nSPS) is 18.5. The van der Waals surface area contributed by atoms with E-state index in [0.717, 1.165) is 58.5 Å². The summed E-state index contributed by atoms with van der Waals surface area (Å²) in [5.41, 5.74) is 2.05. The molecule has 0 radical (unpaired) electrons. The van der Waals surface area contributed by atoms with Crippen LogP contribution in [0.2, 0.25) is 0 Å². The van der Waals surface area contributed by atoms with Crippen molar-refractivity contribution >= 4 is 28.9 Å². The number of carbonyl (C=O) groups is 1. The summed E-state index contributed by atoms with van der Waals surface area (Å²) in [7, 11) is 0. The molecule has 0 unspecified atom stereocenters. The molecule has 7 nitrogen and oxygen atoms in total. The number of pyridine rings is 2. The first-order chi connectivity index (χ1) is 15.1. The number of nitrogens with one attached hydrogen (secondary N) is 2. The first-order valence-electron chi connectivity index (χ1n) is 10.6. The van der Waals surface area contributed by atoms with Crippen LogP contribution in [-0.2, 0) is 4.79 Å². The van der Waals surface area contributed by atoms with Crippen LogP contribution in [0, 0.1) is 12.8 Å². The van der Waals surface area contributed by atoms with Crippen molar-refractivity contribution in [3.05, 3.63) is 53.3 Å². The number of rotatable bonds is 7. The molecular formula is C23H27N5O2S. The van der Waals surface area contributed by atoms with Gasteiger partial charge in [0.15, 0.2) is 0 Å². The molecule has 31 heavy (non-hydrogen) atoms. The summed E-state index contributed by atoms with van der Waals surface area (Å²) < 4.78 is 0. The number of amides is 1. The molecule has 1 saturated carbocycles. The molecular weight excluding hydrogens is 410 g/mol. The lowest BCUT2D eigenvalue weighted by molar-refractivity contribution is -0.124. The predicted molar refractivity (Wildman–Crippen MR) is 122 cm³/mol. The zero-order valence-corrected chi connectivity index (χ0v) is 18.4. The van der Waals surface area contributed by atoms with Gasteiger partial charge in [-0.2, -0.15) is 0 Å². The topological polar surface area (TPSA) is 100 Å². The van der Waals surface area contributed by atoms with Gasteiger partial charge in [0.05, 0.1) is 15.6 Å². The summed E-state index contributed by atoms with van der Waals surface area (Å²) in [5.74, 6) is 2.18. The maximum atomic E-state index is 11.2. The molecule has 162 valence electrons. The third kappa shape index (κ3) is 5.65. The Bertz CT molecular complexity index is 1030. The highest BCUT2D eigenvalue weighted by Gasteiger charge is 2.25. The highest BCUT2D eigenvalue weighted by Crippen LogP contribution is 2.39. The van der Waals surface area contributed by atoms with Gasteiger partial charge in [0, 0.05) is 24.9 Å². The summed E-state index contributed by atoms with van der Waals surface area (Å²) in [4.78, 5) is 26.1. The number of aliphatic hydroxyl groups excluding tert-OH is 1. The summed E-state index contributed by atoms with van der Waals surface area (Å²) in [6.45, 7) is 2.24. The summed E-state index contributed by atoms with van der Waals surface area (Å²) >= 11 is 1.71. The Morgan fingerprint density at radius 3 is 2.77 bits per heavy atom. The lowest BCUT2D eigenvalue weighted by Crippen LogP contribution is -2.32. The van der Waals surface area contributed by atoms with Crippen LogP contribution in [0.5, 0.6) is 0 Å². The van der Waals surface area contributed by atoms with Crippen molar-refractivity contribution in [3.63, 3.8) is 0 Å². The van der Waals surface area contributed by atoms with Crippen LogP contribution < -0.4 is 10.6 Å². The van der Waals surface area contributed by atoms with Crippen LogP contribution in [0.3, 0.4) is 0 Å². The van der Waals surface area contributed by atoms with Crippen molar-refractivity contribution in [2.75, 3.05) is 18.5 Å². The van der Waals surface area contributed by atoms with E-state index < -0.39 is 6.61 Å². The molecule has 0 spiro atoms. The Morgan fingerprint density at radius 1 is 1.16 bits per heavy atom. The number of hydrogen-bond donors (Lipinski definition) is 3. The van der Waals surface area contributed by atoms with Crippen LogP contribution in [0.15, 0.2) is 42.7 Å². The van der Waals surface area contributed by atoms with Crippen molar-refractivity contribution in [1.82, 2.24) is 20.3 Å². The van der Waals surface area contributed by atoms with Gasteiger partial charge in [0.1, 0.15) is 18.2 Å². The van der Waals surface area contributed by atoms with Gasteiger partial charge in [-0.05, 0) is 68.4 Å². The minimum absolute atomic E-state index is 0.297. The maximum Gasteiger partial charge on any atom is 0.245 e. The lowest BCUT2D eigenvalue weighted by atomic mass is 9.82. The molecule has 1 aliphatic carbocycles. The molecule has 0 aliphatic heterocycles. The number of thiazole rings is 1. The first kappa shape index (κ1) is 21.4. The number of carbonyl (C=O) groups excluding carboxylic acids is 1. The first-order valence-corrected chi connectivity index (χ1v) is 11.4. The van der Waals surface area contributed by atoms with Gasteiger partial charge in [-0.15, -0.1) is 11.3 Å². The zero-order chi connectivity index (χ0) is 21.6. The van der Waals surface area contributed by atoms with E-state index in [4.69, 9.17) is 15.1 Å². The van der Waals surface area contributed by atoms with Gasteiger partial charge in [0.25, 0.3) is 0 Å². The number of anilines is 2. The Balaban J connectivity index is 1.37. The molecule has 0 saturated heterocycles. The maximum absolute atomic E-state index is 11.2. The minimum atomic E-state index is -0.441. The average Bonchev–Trinajstić information content (AvgIpc) is 3.28. The third-order valence-corrected chi connectivity index (χ3v) is 6.81. The molecule has 3 N–H and O–H groups in total. The van der Waals surface area contributed by atoms with Crippen LogP contribution >= 0.6 is 11.3 Å². The third-order valence-electron chi connectivity index (χ3n) is 5.62. The van der Waals surface area contributed by atoms with E-state index in [-0.39, 0.29) is 5.91 Å². The molecule has 0 bridgehead atoms. The van der Waals surface area contributed by atoms with Crippen molar-refractivity contribution in [3.8, 4) is 10.6 Å². The standard InChI is InChI=1S/C23H27N5O2S/c1-15-9-10-24-21(11-15)28-20-4-2-3-18(27-20)19-13-26-23(31-19)17-7-5-16(6-8-17)12-25-22(30)14-29/h2-4,9-11,13,16-17,29H,5-8,12,14H2,1H3,(H,25,30)(H,24,27,28). The van der Waals surface area contributed by atoms with Crippen LogP contribution in [0.1, 0.15) is 42.2 Å². The fourth-order valence-electron chi connectivity index (χ4n) is 3.90. The van der Waals surface area contributed by atoms with E-state index in [1.807, 2.05) is 43.5 Å². The van der Waals surface area contributed by atoms with Crippen molar-refractivity contribution < 1.29 is 9.90 Å². The number of aliphatic hydroxyl groups is 1. The number of aryl methyl sites for hydroxylation is 1. The molecule has 0 aromatic carbocycles. The quantitative estimate of drug-likeness (QED) is 0.516. The molecule has 0 atom stereocenters. The molecule has 1 aliphatic rings. The molecule has 4 rings (SSSR count). The minimum Gasteiger partial charge on any atom is -0.387 e. The van der Waals surface area contributed by atoms with E-state index in [1.54, 1.807) is 17.5 Å². The van der Waals surface area contributed by atoms with Crippen LogP contribution in [-0.4, -0.2) is 39.1 Å². The Morgan fingerprint density at radius 2 is 2.00 bits per heavy atom. The lowest BCUT2D eigenvalue weighted by Gasteiger charge is -2.27. The monoisotopic (exact) mass is 437 g/mol. The van der Waals surface area contributed by atoms with Gasteiger partial charge in [0.2, 0.25) is 5.91 Å². The number of hydrogen-bond acceptors (Lipinski definition) is 7. The van der Waals surface area contributed by atoms with Crippen molar-refractivity contribution in [2.24, 2.45) is 5.92 Å². The molecule has 3 aromatic rings. The fourth-order valence-corrected chi connectivity index (χ4v) is 4.96. The highest BCUT2D eigenvalue weighted by molar-refractivity contribution is 7.15. The van der Waals surface area contributed by atoms with Crippen molar-refractivity contribution in [1.29, 1.82) is 0 Å². The summed E-state index contributed by atoms with van der Waals surface area (Å²) in [5, 5.41) is 16.0. The van der Waals surface area contributed by atoms with Gasteiger partial charge >= 0.3 is 0 Å². The Kier molecular flexibility index (Phi) is 6.89. The average molecular weight is 438 g/mol. The van der Waals surface area contributed by atoms with Gasteiger partial charge in [-0.3, -0.25) is 4.79 Å². The van der Waals surface area contributed by atoms with E-state index >= 15 is 0 Å². The number of aromatic nitrogens is 3. The fraction of sp³-hybridized carbons (Fsp3) is 0.391. The summed E-state index contributed by atoms with van der Waals surface area (Å²) in [6.07, 6.45) is 7.97. The van der Waals surface area contributed by atoms with E-state index in [9.17, 15) is 4.79 Å². The molecule has 3 heterocycles. The van der Waals surface area contributed by atoms with E-state index in [0.29, 0.717) is 18.4 Å². The molecule has 1 amide bonds. The van der Waals surface area contributed by atoms with Gasteiger partial charge in [-0.1, -0.05) is 6.07 Å². The summed E-state index contributed by atoms with van der Waals surface area (Å²) in [6, 6.07) is 9.89. The van der Waals surface area contributed by atoms with Crippen LogP contribution in [0.4, 0.5) is 11.6 Å².